The van der Waals surface area contributed by atoms with Gasteiger partial charge in [0, 0.05) is 18.5 Å². The van der Waals surface area contributed by atoms with Gasteiger partial charge in [0.15, 0.2) is 0 Å². The van der Waals surface area contributed by atoms with E-state index in [9.17, 15) is 9.90 Å². The first-order valence-corrected chi connectivity index (χ1v) is 8.99. The first-order chi connectivity index (χ1) is 12.0. The number of furan rings is 1. The smallest absolute Gasteiger partial charge is 0.257 e. The van der Waals surface area contributed by atoms with Crippen molar-refractivity contribution >= 4 is 5.91 Å². The molecule has 0 unspecified atom stereocenters. The van der Waals surface area contributed by atoms with Crippen LogP contribution in [0.4, 0.5) is 0 Å². The van der Waals surface area contributed by atoms with Crippen LogP contribution in [0.25, 0.3) is 0 Å². The van der Waals surface area contributed by atoms with Gasteiger partial charge in [0.1, 0.15) is 17.1 Å². The van der Waals surface area contributed by atoms with E-state index in [2.05, 4.69) is 10.3 Å². The van der Waals surface area contributed by atoms with Gasteiger partial charge in [0.05, 0.1) is 24.6 Å². The molecule has 2 aliphatic rings. The van der Waals surface area contributed by atoms with E-state index in [-0.39, 0.29) is 18.5 Å². The van der Waals surface area contributed by atoms with Crippen LogP contribution in [0.1, 0.15) is 73.3 Å². The van der Waals surface area contributed by atoms with Crippen LogP contribution < -0.4 is 0 Å². The van der Waals surface area contributed by atoms with Crippen molar-refractivity contribution in [2.24, 2.45) is 0 Å². The molecule has 4 rings (SSSR count). The number of piperidine rings is 1. The van der Waals surface area contributed by atoms with Crippen LogP contribution in [0.5, 0.6) is 0 Å². The Morgan fingerprint density at radius 2 is 2.24 bits per heavy atom. The minimum atomic E-state index is -1.15. The average molecular weight is 344 g/mol. The molecule has 2 fully saturated rings. The van der Waals surface area contributed by atoms with Crippen molar-refractivity contribution in [2.75, 3.05) is 13.1 Å². The predicted octanol–water partition coefficient (Wildman–Crippen LogP) is 2.45. The lowest BCUT2D eigenvalue weighted by atomic mass is 9.89. The van der Waals surface area contributed by atoms with Gasteiger partial charge < -0.3 is 14.4 Å². The minimum absolute atomic E-state index is 0.0648. The third-order valence-electron chi connectivity index (χ3n) is 5.15. The highest BCUT2D eigenvalue weighted by Gasteiger charge is 2.41. The average Bonchev–Trinajstić information content (AvgIpc) is 3.12. The van der Waals surface area contributed by atoms with Crippen molar-refractivity contribution in [3.05, 3.63) is 35.5 Å². The summed E-state index contributed by atoms with van der Waals surface area (Å²) in [5.74, 6) is 1.11. The number of amides is 1. The summed E-state index contributed by atoms with van der Waals surface area (Å²) < 4.78 is 7.26. The number of hydrogen-bond donors (Lipinski definition) is 1. The Balaban J connectivity index is 1.55. The summed E-state index contributed by atoms with van der Waals surface area (Å²) in [5.41, 5.74) is 0.0238. The Bertz CT molecular complexity index is 777. The lowest BCUT2D eigenvalue weighted by molar-refractivity contribution is -0.0321. The van der Waals surface area contributed by atoms with Gasteiger partial charge in [-0.1, -0.05) is 5.21 Å². The first-order valence-electron chi connectivity index (χ1n) is 8.99. The van der Waals surface area contributed by atoms with E-state index in [1.165, 1.54) is 0 Å². The van der Waals surface area contributed by atoms with Gasteiger partial charge in [0.2, 0.25) is 0 Å². The second-order valence-corrected chi connectivity index (χ2v) is 7.51. The van der Waals surface area contributed by atoms with E-state index < -0.39 is 5.60 Å². The Morgan fingerprint density at radius 3 is 2.92 bits per heavy atom. The summed E-state index contributed by atoms with van der Waals surface area (Å²) in [6, 6.07) is 1.93. The molecule has 134 valence electrons. The van der Waals surface area contributed by atoms with Gasteiger partial charge in [0.25, 0.3) is 5.91 Å². The van der Waals surface area contributed by atoms with Crippen LogP contribution in [-0.2, 0) is 5.60 Å². The fourth-order valence-corrected chi connectivity index (χ4v) is 3.49. The molecular weight excluding hydrogens is 320 g/mol. The molecule has 2 aromatic heterocycles. The molecule has 0 aromatic carbocycles. The topological polar surface area (TPSA) is 84.4 Å². The first kappa shape index (κ1) is 16.3. The Hall–Kier alpha value is -2.15. The summed E-state index contributed by atoms with van der Waals surface area (Å²) in [7, 11) is 0. The van der Waals surface area contributed by atoms with E-state index in [1.54, 1.807) is 28.1 Å². The monoisotopic (exact) mass is 344 g/mol. The SMILES string of the molecule is CC(C)n1cc([C@]2(O)CCCN(C(=O)c3ccoc3C3CC3)C2)nn1. The fourth-order valence-electron chi connectivity index (χ4n) is 3.49. The molecule has 1 saturated heterocycles. The van der Waals surface area contributed by atoms with E-state index in [0.717, 1.165) is 25.0 Å². The van der Waals surface area contributed by atoms with Gasteiger partial charge in [-0.3, -0.25) is 4.79 Å². The van der Waals surface area contributed by atoms with Crippen LogP contribution in [-0.4, -0.2) is 44.0 Å². The summed E-state index contributed by atoms with van der Waals surface area (Å²) >= 11 is 0. The van der Waals surface area contributed by atoms with Crippen LogP contribution in [0.15, 0.2) is 22.9 Å². The van der Waals surface area contributed by atoms with Gasteiger partial charge in [-0.15, -0.1) is 5.10 Å². The van der Waals surface area contributed by atoms with E-state index in [0.29, 0.717) is 30.1 Å². The second-order valence-electron chi connectivity index (χ2n) is 7.51. The van der Waals surface area contributed by atoms with Gasteiger partial charge >= 0.3 is 0 Å². The van der Waals surface area contributed by atoms with Crippen molar-refractivity contribution in [2.45, 2.75) is 57.1 Å². The van der Waals surface area contributed by atoms with Gasteiger partial charge in [-0.2, -0.15) is 0 Å². The third kappa shape index (κ3) is 2.97. The zero-order valence-electron chi connectivity index (χ0n) is 14.7. The molecule has 1 atom stereocenters. The molecular formula is C18H24N4O3. The van der Waals surface area contributed by atoms with Crippen molar-refractivity contribution < 1.29 is 14.3 Å². The molecule has 7 nitrogen and oxygen atoms in total. The van der Waals surface area contributed by atoms with Gasteiger partial charge in [-0.25, -0.2) is 4.68 Å². The van der Waals surface area contributed by atoms with Crippen LogP contribution in [0.3, 0.4) is 0 Å². The number of nitrogens with zero attached hydrogens (tertiary/aromatic N) is 4. The number of carbonyl (C=O) groups excluding carboxylic acids is 1. The standard InChI is InChI=1S/C18H24N4O3/c1-12(2)22-10-15(19-20-22)18(24)7-3-8-21(11-18)17(23)14-6-9-25-16(14)13-4-5-13/h6,9-10,12-13,24H,3-5,7-8,11H2,1-2H3/t18-/m0/s1. The highest BCUT2D eigenvalue weighted by molar-refractivity contribution is 5.95. The highest BCUT2D eigenvalue weighted by Crippen LogP contribution is 2.42. The molecule has 1 saturated carbocycles. The van der Waals surface area contributed by atoms with Crippen molar-refractivity contribution in [1.82, 2.24) is 19.9 Å². The molecule has 1 aliphatic heterocycles. The van der Waals surface area contributed by atoms with E-state index in [1.807, 2.05) is 13.8 Å². The Morgan fingerprint density at radius 1 is 1.44 bits per heavy atom. The number of β-amino-alcohol motifs (C(OH)–C–C–N with tert-alkyl or cyclic N) is 1. The maximum atomic E-state index is 13.0. The quantitative estimate of drug-likeness (QED) is 0.921. The summed E-state index contributed by atoms with van der Waals surface area (Å²) in [6.07, 6.45) is 6.84. The molecule has 1 aliphatic carbocycles. The van der Waals surface area contributed by atoms with E-state index >= 15 is 0 Å². The number of hydrogen-bond acceptors (Lipinski definition) is 5. The zero-order chi connectivity index (χ0) is 17.6. The summed E-state index contributed by atoms with van der Waals surface area (Å²) in [6.45, 7) is 4.89. The highest BCUT2D eigenvalue weighted by atomic mass is 16.3. The lowest BCUT2D eigenvalue weighted by Gasteiger charge is -2.38. The molecule has 25 heavy (non-hydrogen) atoms. The molecule has 1 amide bonds. The van der Waals surface area contributed by atoms with E-state index in [4.69, 9.17) is 4.42 Å². The maximum Gasteiger partial charge on any atom is 0.257 e. The number of rotatable bonds is 4. The summed E-state index contributed by atoms with van der Waals surface area (Å²) in [4.78, 5) is 14.7. The molecule has 7 heteroatoms. The number of likely N-dealkylation sites (tertiary alicyclic amines) is 1. The number of carbonyl (C=O) groups is 1. The van der Waals surface area contributed by atoms with Gasteiger partial charge in [-0.05, 0) is 45.6 Å². The van der Waals surface area contributed by atoms with Crippen molar-refractivity contribution in [1.29, 1.82) is 0 Å². The molecule has 1 N–H and O–H groups in total. The fraction of sp³-hybridized carbons (Fsp3) is 0.611. The van der Waals surface area contributed by atoms with Crippen LogP contribution in [0, 0.1) is 0 Å². The number of aliphatic hydroxyl groups is 1. The third-order valence-corrected chi connectivity index (χ3v) is 5.15. The lowest BCUT2D eigenvalue weighted by Crippen LogP contribution is -2.48. The van der Waals surface area contributed by atoms with Crippen LogP contribution >= 0.6 is 0 Å². The molecule has 3 heterocycles. The van der Waals surface area contributed by atoms with Crippen molar-refractivity contribution in [3.63, 3.8) is 0 Å². The molecule has 0 radical (unpaired) electrons. The zero-order valence-corrected chi connectivity index (χ0v) is 14.7. The second kappa shape index (κ2) is 5.98. The number of aromatic nitrogens is 3. The molecule has 2 aromatic rings. The normalized spacial score (nSPS) is 24.1. The molecule has 0 bridgehead atoms. The predicted molar refractivity (Wildman–Crippen MR) is 90.1 cm³/mol. The van der Waals surface area contributed by atoms with Crippen LogP contribution in [0.2, 0.25) is 0 Å². The Labute approximate surface area is 146 Å². The Kier molecular flexibility index (Phi) is 3.91. The maximum absolute atomic E-state index is 13.0. The summed E-state index contributed by atoms with van der Waals surface area (Å²) in [5, 5.41) is 19.4. The van der Waals surface area contributed by atoms with Crippen molar-refractivity contribution in [3.8, 4) is 0 Å². The minimum Gasteiger partial charge on any atom is -0.468 e. The molecule has 0 spiro atoms. The largest absolute Gasteiger partial charge is 0.468 e.